The molecule has 0 saturated carbocycles. The van der Waals surface area contributed by atoms with E-state index in [0.717, 1.165) is 4.31 Å². The van der Waals surface area contributed by atoms with Gasteiger partial charge in [0, 0.05) is 20.1 Å². The summed E-state index contributed by atoms with van der Waals surface area (Å²) in [5.74, 6) is -0.179. The zero-order valence-corrected chi connectivity index (χ0v) is 20.9. The molecule has 1 amide bonds. The fraction of sp³-hybridized carbons (Fsp3) is 0.391. The SMILES string of the molecule is COC(=O)CCN(CC(C)C)C(=O)c1cc(S(=O)(=O)N(C)c2ccc(OC)cc2)ccc1Cl. The van der Waals surface area contributed by atoms with Gasteiger partial charge in [-0.3, -0.25) is 13.9 Å². The fourth-order valence-electron chi connectivity index (χ4n) is 3.13. The zero-order valence-electron chi connectivity index (χ0n) is 19.4. The number of amides is 1. The number of methoxy groups -OCH3 is 2. The molecule has 33 heavy (non-hydrogen) atoms. The number of sulfonamides is 1. The van der Waals surface area contributed by atoms with Crippen LogP contribution in [0.3, 0.4) is 0 Å². The predicted octanol–water partition coefficient (Wildman–Crippen LogP) is 3.84. The first kappa shape index (κ1) is 26.5. The molecule has 0 bridgehead atoms. The highest BCUT2D eigenvalue weighted by molar-refractivity contribution is 7.92. The summed E-state index contributed by atoms with van der Waals surface area (Å²) in [5.41, 5.74) is 0.476. The molecule has 0 aromatic heterocycles. The lowest BCUT2D eigenvalue weighted by Gasteiger charge is -2.25. The van der Waals surface area contributed by atoms with Crippen molar-refractivity contribution < 1.29 is 27.5 Å². The molecule has 180 valence electrons. The Kier molecular flexibility index (Phi) is 9.13. The van der Waals surface area contributed by atoms with Crippen LogP contribution >= 0.6 is 11.6 Å². The minimum absolute atomic E-state index is 0.0186. The number of carbonyl (C=O) groups is 2. The van der Waals surface area contributed by atoms with Crippen LogP contribution in [0.25, 0.3) is 0 Å². The summed E-state index contributed by atoms with van der Waals surface area (Å²) in [4.78, 5) is 26.2. The van der Waals surface area contributed by atoms with Crippen LogP contribution < -0.4 is 9.04 Å². The van der Waals surface area contributed by atoms with Crippen molar-refractivity contribution >= 4 is 39.2 Å². The van der Waals surface area contributed by atoms with Gasteiger partial charge in [-0.2, -0.15) is 0 Å². The van der Waals surface area contributed by atoms with Gasteiger partial charge in [-0.15, -0.1) is 0 Å². The van der Waals surface area contributed by atoms with Crippen LogP contribution in [-0.4, -0.2) is 59.6 Å². The average molecular weight is 497 g/mol. The highest BCUT2D eigenvalue weighted by atomic mass is 35.5. The van der Waals surface area contributed by atoms with E-state index in [9.17, 15) is 18.0 Å². The molecular weight excluding hydrogens is 468 g/mol. The van der Waals surface area contributed by atoms with E-state index in [1.165, 1.54) is 44.4 Å². The first-order valence-corrected chi connectivity index (χ1v) is 12.1. The van der Waals surface area contributed by atoms with Crippen molar-refractivity contribution in [2.24, 2.45) is 5.92 Å². The fourth-order valence-corrected chi connectivity index (χ4v) is 4.55. The second kappa shape index (κ2) is 11.4. The molecule has 0 aliphatic carbocycles. The maximum atomic E-state index is 13.3. The number of rotatable bonds is 10. The van der Waals surface area contributed by atoms with Crippen molar-refractivity contribution in [1.29, 1.82) is 0 Å². The van der Waals surface area contributed by atoms with E-state index in [1.807, 2.05) is 13.8 Å². The Balaban J connectivity index is 2.38. The average Bonchev–Trinajstić information content (AvgIpc) is 2.80. The second-order valence-corrected chi connectivity index (χ2v) is 10.2. The molecule has 2 aromatic carbocycles. The van der Waals surface area contributed by atoms with Crippen molar-refractivity contribution in [2.75, 3.05) is 38.7 Å². The van der Waals surface area contributed by atoms with Crippen LogP contribution in [0, 0.1) is 5.92 Å². The van der Waals surface area contributed by atoms with Crippen molar-refractivity contribution in [3.8, 4) is 5.75 Å². The quantitative estimate of drug-likeness (QED) is 0.464. The molecule has 0 spiro atoms. The van der Waals surface area contributed by atoms with Crippen LogP contribution in [-0.2, 0) is 19.6 Å². The summed E-state index contributed by atoms with van der Waals surface area (Å²) < 4.78 is 37.4. The molecule has 0 heterocycles. The lowest BCUT2D eigenvalue weighted by Crippen LogP contribution is -2.36. The normalized spacial score (nSPS) is 11.2. The maximum absolute atomic E-state index is 13.3. The van der Waals surface area contributed by atoms with Crippen LogP contribution in [0.4, 0.5) is 5.69 Å². The van der Waals surface area contributed by atoms with Gasteiger partial charge >= 0.3 is 5.97 Å². The Morgan fingerprint density at radius 3 is 2.24 bits per heavy atom. The monoisotopic (exact) mass is 496 g/mol. The third-order valence-corrected chi connectivity index (χ3v) is 7.06. The molecule has 0 fully saturated rings. The number of halogens is 1. The zero-order chi connectivity index (χ0) is 24.8. The van der Waals surface area contributed by atoms with Gasteiger partial charge in [0.25, 0.3) is 15.9 Å². The number of benzene rings is 2. The molecule has 0 radical (unpaired) electrons. The van der Waals surface area contributed by atoms with Crippen molar-refractivity contribution in [3.05, 3.63) is 53.1 Å². The minimum Gasteiger partial charge on any atom is -0.497 e. The van der Waals surface area contributed by atoms with Gasteiger partial charge in [0.2, 0.25) is 0 Å². The van der Waals surface area contributed by atoms with Gasteiger partial charge in [-0.1, -0.05) is 25.4 Å². The smallest absolute Gasteiger partial charge is 0.307 e. The number of esters is 1. The van der Waals surface area contributed by atoms with E-state index in [1.54, 1.807) is 24.3 Å². The summed E-state index contributed by atoms with van der Waals surface area (Å²) in [7, 11) is 0.254. The van der Waals surface area contributed by atoms with E-state index >= 15 is 0 Å². The summed E-state index contributed by atoms with van der Waals surface area (Å²) in [6.07, 6.45) is 0.0186. The van der Waals surface area contributed by atoms with E-state index < -0.39 is 21.9 Å². The topological polar surface area (TPSA) is 93.2 Å². The molecule has 0 atom stereocenters. The van der Waals surface area contributed by atoms with Crippen molar-refractivity contribution in [1.82, 2.24) is 4.90 Å². The van der Waals surface area contributed by atoms with E-state index in [2.05, 4.69) is 4.74 Å². The lowest BCUT2D eigenvalue weighted by atomic mass is 10.1. The Morgan fingerprint density at radius 1 is 1.06 bits per heavy atom. The molecule has 0 N–H and O–H groups in total. The third-order valence-electron chi connectivity index (χ3n) is 4.95. The van der Waals surface area contributed by atoms with Gasteiger partial charge in [-0.05, 0) is 48.4 Å². The van der Waals surface area contributed by atoms with Crippen molar-refractivity contribution in [3.63, 3.8) is 0 Å². The molecular formula is C23H29ClN2O6S. The molecule has 0 aliphatic rings. The third kappa shape index (κ3) is 6.61. The molecule has 0 unspecified atom stereocenters. The number of carbonyl (C=O) groups excluding carboxylic acids is 2. The van der Waals surface area contributed by atoms with Gasteiger partial charge in [0.05, 0.1) is 41.8 Å². The Labute approximate surface area is 200 Å². The number of hydrogen-bond donors (Lipinski definition) is 0. The Bertz CT molecular complexity index is 1090. The first-order chi connectivity index (χ1) is 15.5. The first-order valence-electron chi connectivity index (χ1n) is 10.3. The number of anilines is 1. The van der Waals surface area contributed by atoms with Crippen LogP contribution in [0.15, 0.2) is 47.4 Å². The number of ether oxygens (including phenoxy) is 2. The minimum atomic E-state index is -3.97. The highest BCUT2D eigenvalue weighted by Crippen LogP contribution is 2.28. The van der Waals surface area contributed by atoms with Crippen LogP contribution in [0.1, 0.15) is 30.6 Å². The summed E-state index contributed by atoms with van der Waals surface area (Å²) in [6.45, 7) is 4.37. The molecule has 8 nitrogen and oxygen atoms in total. The maximum Gasteiger partial charge on any atom is 0.307 e. The molecule has 2 rings (SSSR count). The summed E-state index contributed by atoms with van der Waals surface area (Å²) in [5, 5.41) is 0.123. The standard InChI is InChI=1S/C23H29ClN2O6S/c1-16(2)15-26(13-12-22(27)32-5)23(28)20-14-19(10-11-21(20)24)33(29,30)25(3)17-6-8-18(31-4)9-7-17/h6-11,14,16H,12-13,15H2,1-5H3. The van der Waals surface area contributed by atoms with Gasteiger partial charge in [0.1, 0.15) is 5.75 Å². The van der Waals surface area contributed by atoms with Gasteiger partial charge < -0.3 is 14.4 Å². The Morgan fingerprint density at radius 2 is 1.70 bits per heavy atom. The molecule has 2 aromatic rings. The summed E-state index contributed by atoms with van der Waals surface area (Å²) in [6, 6.07) is 10.6. The van der Waals surface area contributed by atoms with E-state index in [4.69, 9.17) is 16.3 Å². The van der Waals surface area contributed by atoms with Gasteiger partial charge in [0.15, 0.2) is 0 Å². The van der Waals surface area contributed by atoms with Gasteiger partial charge in [-0.25, -0.2) is 8.42 Å². The highest BCUT2D eigenvalue weighted by Gasteiger charge is 2.26. The second-order valence-electron chi connectivity index (χ2n) is 7.78. The summed E-state index contributed by atoms with van der Waals surface area (Å²) >= 11 is 6.28. The number of hydrogen-bond acceptors (Lipinski definition) is 6. The van der Waals surface area contributed by atoms with E-state index in [0.29, 0.717) is 18.0 Å². The molecule has 0 saturated heterocycles. The lowest BCUT2D eigenvalue weighted by molar-refractivity contribution is -0.140. The Hall–Kier alpha value is -2.78. The van der Waals surface area contributed by atoms with Crippen molar-refractivity contribution in [2.45, 2.75) is 25.2 Å². The molecule has 10 heteroatoms. The largest absolute Gasteiger partial charge is 0.497 e. The van der Waals surface area contributed by atoms with Crippen LogP contribution in [0.2, 0.25) is 5.02 Å². The predicted molar refractivity (Wildman–Crippen MR) is 127 cm³/mol. The number of nitrogens with zero attached hydrogens (tertiary/aromatic N) is 2. The van der Waals surface area contributed by atoms with Crippen LogP contribution in [0.5, 0.6) is 5.75 Å². The molecule has 0 aliphatic heterocycles. The van der Waals surface area contributed by atoms with E-state index in [-0.39, 0.29) is 34.4 Å².